The van der Waals surface area contributed by atoms with Crippen LogP contribution in [0.4, 0.5) is 9.18 Å². The van der Waals surface area contributed by atoms with E-state index in [9.17, 15) is 14.0 Å². The van der Waals surface area contributed by atoms with Crippen LogP contribution in [0.3, 0.4) is 0 Å². The van der Waals surface area contributed by atoms with E-state index in [0.717, 1.165) is 41.7 Å². The van der Waals surface area contributed by atoms with Gasteiger partial charge in [0.1, 0.15) is 5.82 Å². The lowest BCUT2D eigenvalue weighted by Crippen LogP contribution is -2.51. The third-order valence-corrected chi connectivity index (χ3v) is 6.35. The molecule has 3 heterocycles. The van der Waals surface area contributed by atoms with Crippen LogP contribution in [-0.4, -0.2) is 33.1 Å². The van der Waals surface area contributed by atoms with E-state index in [1.54, 1.807) is 4.52 Å². The lowest BCUT2D eigenvalue weighted by atomic mass is 9.99. The van der Waals surface area contributed by atoms with E-state index >= 15 is 0 Å². The van der Waals surface area contributed by atoms with Crippen LogP contribution >= 0.6 is 0 Å². The highest BCUT2D eigenvalue weighted by molar-refractivity contribution is 6.00. The van der Waals surface area contributed by atoms with Gasteiger partial charge in [-0.3, -0.25) is 10.1 Å². The van der Waals surface area contributed by atoms with Gasteiger partial charge in [-0.25, -0.2) is 18.7 Å². The Hall–Kier alpha value is -3.29. The molecule has 2 aliphatic carbocycles. The van der Waals surface area contributed by atoms with Gasteiger partial charge in [-0.1, -0.05) is 12.1 Å². The maximum atomic E-state index is 13.3. The molecule has 0 radical (unpaired) electrons. The number of benzene rings is 1. The number of hydrogen-bond donors (Lipinski definition) is 2. The monoisotopic (exact) mass is 405 g/mol. The lowest BCUT2D eigenvalue weighted by molar-refractivity contribution is -0.122. The molecule has 3 fully saturated rings. The Kier molecular flexibility index (Phi) is 3.72. The molecule has 3 aromatic rings. The quantitative estimate of drug-likeness (QED) is 0.699. The minimum absolute atomic E-state index is 0.221. The molecule has 2 N–H and O–H groups in total. The summed E-state index contributed by atoms with van der Waals surface area (Å²) in [4.78, 5) is 28.7. The molecule has 7 nitrogen and oxygen atoms in total. The van der Waals surface area contributed by atoms with Gasteiger partial charge in [0.2, 0.25) is 5.91 Å². The molecule has 1 aliphatic heterocycles. The number of aromatic nitrogens is 3. The molecule has 0 spiro atoms. The summed E-state index contributed by atoms with van der Waals surface area (Å²) in [5, 5.41) is 9.68. The molecule has 3 aliphatic rings. The van der Waals surface area contributed by atoms with Gasteiger partial charge in [-0.2, -0.15) is 5.10 Å². The van der Waals surface area contributed by atoms with Gasteiger partial charge < -0.3 is 5.32 Å². The van der Waals surface area contributed by atoms with Crippen molar-refractivity contribution in [3.63, 3.8) is 0 Å². The first kappa shape index (κ1) is 17.6. The van der Waals surface area contributed by atoms with Crippen LogP contribution in [0.5, 0.6) is 0 Å². The fraction of sp³-hybridized carbons (Fsp3) is 0.364. The van der Waals surface area contributed by atoms with E-state index in [0.29, 0.717) is 17.5 Å². The third-order valence-electron chi connectivity index (χ3n) is 6.35. The van der Waals surface area contributed by atoms with Crippen LogP contribution in [0, 0.1) is 5.82 Å². The van der Waals surface area contributed by atoms with Gasteiger partial charge in [-0.15, -0.1) is 0 Å². The minimum Gasteiger partial charge on any atom is -0.337 e. The standard InChI is InChI=1S/C22H20FN5O2/c23-13-5-3-11(4-6-13)14-7-15(14)16-8-18(17-9-24-22(30)26-21(17)29)27-28-10-19(12-1-2-12)25-20(16)28/h3-6,8,10,12,14-15,17H,1-2,7,9H2,(H2,24,26,29,30). The molecule has 3 unspecified atom stereocenters. The molecule has 30 heavy (non-hydrogen) atoms. The lowest BCUT2D eigenvalue weighted by Gasteiger charge is -2.22. The van der Waals surface area contributed by atoms with Gasteiger partial charge >= 0.3 is 6.03 Å². The number of halogens is 1. The summed E-state index contributed by atoms with van der Waals surface area (Å²) in [5.41, 5.74) is 4.66. The first-order valence-electron chi connectivity index (χ1n) is 10.3. The summed E-state index contributed by atoms with van der Waals surface area (Å²) in [6.07, 6.45) is 5.20. The van der Waals surface area contributed by atoms with Crippen LogP contribution in [0.2, 0.25) is 0 Å². The van der Waals surface area contributed by atoms with Crippen LogP contribution in [0.1, 0.15) is 65.4 Å². The largest absolute Gasteiger partial charge is 0.337 e. The number of fused-ring (bicyclic) bond motifs is 1. The average Bonchev–Trinajstić information content (AvgIpc) is 3.65. The van der Waals surface area contributed by atoms with Crippen molar-refractivity contribution in [1.29, 1.82) is 0 Å². The van der Waals surface area contributed by atoms with Crippen molar-refractivity contribution >= 4 is 17.6 Å². The van der Waals surface area contributed by atoms with Crippen molar-refractivity contribution < 1.29 is 14.0 Å². The second-order valence-electron chi connectivity index (χ2n) is 8.48. The number of carbonyl (C=O) groups excluding carboxylic acids is 2. The molecule has 2 saturated carbocycles. The number of nitrogens with one attached hydrogen (secondary N) is 2. The van der Waals surface area contributed by atoms with Gasteiger partial charge in [0.25, 0.3) is 0 Å². The van der Waals surface area contributed by atoms with Gasteiger partial charge in [0, 0.05) is 18.0 Å². The number of imide groups is 1. The summed E-state index contributed by atoms with van der Waals surface area (Å²) in [6.45, 7) is 0.221. The Labute approximate surface area is 171 Å². The second-order valence-corrected chi connectivity index (χ2v) is 8.48. The van der Waals surface area contributed by atoms with Crippen LogP contribution in [-0.2, 0) is 4.79 Å². The van der Waals surface area contributed by atoms with E-state index in [1.807, 2.05) is 24.4 Å². The predicted octanol–water partition coefficient (Wildman–Crippen LogP) is 2.94. The summed E-state index contributed by atoms with van der Waals surface area (Å²) in [5.74, 6) is -0.0868. The zero-order valence-corrected chi connectivity index (χ0v) is 16.1. The number of carbonyl (C=O) groups is 2. The molecule has 8 heteroatoms. The highest BCUT2D eigenvalue weighted by atomic mass is 19.1. The zero-order chi connectivity index (χ0) is 20.4. The predicted molar refractivity (Wildman–Crippen MR) is 106 cm³/mol. The van der Waals surface area contributed by atoms with Gasteiger partial charge in [-0.05, 0) is 54.9 Å². The maximum Gasteiger partial charge on any atom is 0.321 e. The summed E-state index contributed by atoms with van der Waals surface area (Å²) >= 11 is 0. The molecule has 2 aromatic heterocycles. The molecule has 152 valence electrons. The zero-order valence-electron chi connectivity index (χ0n) is 16.1. The first-order valence-corrected chi connectivity index (χ1v) is 10.3. The molecule has 3 amide bonds. The fourth-order valence-electron chi connectivity index (χ4n) is 4.44. The normalized spacial score (nSPS) is 25.8. The van der Waals surface area contributed by atoms with Gasteiger partial charge in [0.15, 0.2) is 5.65 Å². The number of rotatable bonds is 4. The van der Waals surface area contributed by atoms with Crippen LogP contribution in [0.15, 0.2) is 36.5 Å². The number of urea groups is 1. The van der Waals surface area contributed by atoms with Crippen molar-refractivity contribution in [2.45, 2.75) is 42.9 Å². The Morgan fingerprint density at radius 3 is 2.60 bits per heavy atom. The Bertz CT molecular complexity index is 1180. The highest BCUT2D eigenvalue weighted by Gasteiger charge is 2.42. The topological polar surface area (TPSA) is 88.4 Å². The molecular weight excluding hydrogens is 385 g/mol. The number of imidazole rings is 1. The molecule has 3 atom stereocenters. The summed E-state index contributed by atoms with van der Waals surface area (Å²) < 4.78 is 15.1. The van der Waals surface area contributed by atoms with Crippen molar-refractivity contribution in [3.8, 4) is 0 Å². The Morgan fingerprint density at radius 1 is 1.07 bits per heavy atom. The Morgan fingerprint density at radius 2 is 1.87 bits per heavy atom. The van der Waals surface area contributed by atoms with Crippen molar-refractivity contribution in [2.24, 2.45) is 0 Å². The minimum atomic E-state index is -0.541. The van der Waals surface area contributed by atoms with Crippen molar-refractivity contribution in [1.82, 2.24) is 25.2 Å². The molecule has 1 saturated heterocycles. The molecular formula is C22H20FN5O2. The fourth-order valence-corrected chi connectivity index (χ4v) is 4.44. The Balaban J connectivity index is 1.41. The van der Waals surface area contributed by atoms with E-state index in [2.05, 4.69) is 15.7 Å². The van der Waals surface area contributed by atoms with E-state index in [4.69, 9.17) is 4.98 Å². The summed E-state index contributed by atoms with van der Waals surface area (Å²) in [7, 11) is 0. The van der Waals surface area contributed by atoms with Crippen LogP contribution in [0.25, 0.3) is 5.65 Å². The molecule has 1 aromatic carbocycles. The van der Waals surface area contributed by atoms with Gasteiger partial charge in [0.05, 0.1) is 23.5 Å². The molecule has 0 bridgehead atoms. The van der Waals surface area contributed by atoms with Crippen molar-refractivity contribution in [3.05, 3.63) is 64.9 Å². The SMILES string of the molecule is O=C1NCC(c2cc(C3CC3c3ccc(F)cc3)c3nc(C4CC4)cn3n2)C(=O)N1. The summed E-state index contributed by atoms with van der Waals surface area (Å²) in [6, 6.07) is 8.15. The third kappa shape index (κ3) is 2.94. The second kappa shape index (κ2) is 6.35. The number of amides is 3. The highest BCUT2D eigenvalue weighted by Crippen LogP contribution is 2.55. The maximum absolute atomic E-state index is 13.3. The first-order chi connectivity index (χ1) is 14.6. The van der Waals surface area contributed by atoms with E-state index in [1.165, 1.54) is 12.1 Å². The van der Waals surface area contributed by atoms with Crippen LogP contribution < -0.4 is 10.6 Å². The van der Waals surface area contributed by atoms with E-state index in [-0.39, 0.29) is 24.2 Å². The van der Waals surface area contributed by atoms with Crippen molar-refractivity contribution in [2.75, 3.05) is 6.54 Å². The number of hydrogen-bond acceptors (Lipinski definition) is 4. The average molecular weight is 405 g/mol. The number of nitrogens with zero attached hydrogens (tertiary/aromatic N) is 3. The smallest absolute Gasteiger partial charge is 0.321 e. The van der Waals surface area contributed by atoms with E-state index < -0.39 is 11.9 Å². The molecule has 6 rings (SSSR count).